The van der Waals surface area contributed by atoms with Crippen molar-refractivity contribution in [3.05, 3.63) is 18.2 Å². The third kappa shape index (κ3) is 3.03. The second-order valence-electron chi connectivity index (χ2n) is 3.47. The fraction of sp³-hybridized carbons (Fsp3) is 0.273. The molecule has 1 aromatic carbocycles. The Bertz CT molecular complexity index is 473. The molecular weight excluding hydrogens is 242 g/mol. The van der Waals surface area contributed by atoms with Crippen LogP contribution in [0.25, 0.3) is 0 Å². The van der Waals surface area contributed by atoms with E-state index in [4.69, 9.17) is 19.3 Å². The first-order valence-electron chi connectivity index (χ1n) is 5.16. The van der Waals surface area contributed by atoms with Gasteiger partial charge in [-0.05, 0) is 12.1 Å². The molecule has 2 rings (SSSR count). The summed E-state index contributed by atoms with van der Waals surface area (Å²) in [6.45, 7) is -0.520. The lowest BCUT2D eigenvalue weighted by Crippen LogP contribution is -2.33. The molecular formula is C11H11NO6. The van der Waals surface area contributed by atoms with E-state index in [1.54, 1.807) is 18.2 Å². The number of carboxylic acid groups (broad SMARTS) is 1. The third-order valence-electron chi connectivity index (χ3n) is 2.15. The summed E-state index contributed by atoms with van der Waals surface area (Å²) in [5, 5.41) is 10.6. The molecule has 96 valence electrons. The predicted molar refractivity (Wildman–Crippen MR) is 58.7 cm³/mol. The highest BCUT2D eigenvalue weighted by Crippen LogP contribution is 2.34. The smallest absolute Gasteiger partial charge is 0.322 e. The van der Waals surface area contributed by atoms with Crippen LogP contribution in [0, 0.1) is 0 Å². The summed E-state index contributed by atoms with van der Waals surface area (Å²) in [6.07, 6.45) is 0. The van der Waals surface area contributed by atoms with Gasteiger partial charge in [-0.1, -0.05) is 0 Å². The lowest BCUT2D eigenvalue weighted by atomic mass is 10.3. The van der Waals surface area contributed by atoms with E-state index in [-0.39, 0.29) is 13.4 Å². The summed E-state index contributed by atoms with van der Waals surface area (Å²) in [5.74, 6) is 0.0161. The van der Waals surface area contributed by atoms with Crippen LogP contribution in [0.15, 0.2) is 18.2 Å². The first kappa shape index (κ1) is 12.0. The van der Waals surface area contributed by atoms with E-state index in [1.807, 2.05) is 0 Å². The summed E-state index contributed by atoms with van der Waals surface area (Å²) < 4.78 is 15.5. The Kier molecular flexibility index (Phi) is 3.52. The van der Waals surface area contributed by atoms with Crippen molar-refractivity contribution in [1.82, 2.24) is 5.32 Å². The van der Waals surface area contributed by atoms with Crippen LogP contribution in [0.1, 0.15) is 0 Å². The maximum absolute atomic E-state index is 11.2. The van der Waals surface area contributed by atoms with Crippen molar-refractivity contribution in [2.45, 2.75) is 0 Å². The summed E-state index contributed by atoms with van der Waals surface area (Å²) in [7, 11) is 0. The molecule has 0 unspecified atom stereocenters. The van der Waals surface area contributed by atoms with Gasteiger partial charge < -0.3 is 24.6 Å². The van der Waals surface area contributed by atoms with Crippen molar-refractivity contribution < 1.29 is 28.9 Å². The highest BCUT2D eigenvalue weighted by Gasteiger charge is 2.14. The summed E-state index contributed by atoms with van der Waals surface area (Å²) in [6, 6.07) is 4.91. The summed E-state index contributed by atoms with van der Waals surface area (Å²) in [4.78, 5) is 21.4. The predicted octanol–water partition coefficient (Wildman–Crippen LogP) is -0.00510. The van der Waals surface area contributed by atoms with Gasteiger partial charge in [0.2, 0.25) is 6.79 Å². The summed E-state index contributed by atoms with van der Waals surface area (Å²) >= 11 is 0. The van der Waals surface area contributed by atoms with E-state index >= 15 is 0 Å². The average Bonchev–Trinajstić information content (AvgIpc) is 2.81. The number of fused-ring (bicyclic) bond motifs is 1. The maximum Gasteiger partial charge on any atom is 0.322 e. The van der Waals surface area contributed by atoms with Gasteiger partial charge in [-0.15, -0.1) is 0 Å². The SMILES string of the molecule is O=C(O)CNC(=O)COc1ccc2c(c1)OCO2. The monoisotopic (exact) mass is 253 g/mol. The Morgan fingerprint density at radius 3 is 2.89 bits per heavy atom. The highest BCUT2D eigenvalue weighted by atomic mass is 16.7. The highest BCUT2D eigenvalue weighted by molar-refractivity contribution is 5.82. The number of nitrogens with one attached hydrogen (secondary N) is 1. The second kappa shape index (κ2) is 5.26. The minimum atomic E-state index is -1.11. The molecule has 0 aromatic heterocycles. The van der Waals surface area contributed by atoms with Gasteiger partial charge in [0.15, 0.2) is 18.1 Å². The molecule has 1 heterocycles. The van der Waals surface area contributed by atoms with Crippen LogP contribution < -0.4 is 19.5 Å². The van der Waals surface area contributed by atoms with Gasteiger partial charge in [-0.2, -0.15) is 0 Å². The quantitative estimate of drug-likeness (QED) is 0.766. The van der Waals surface area contributed by atoms with E-state index in [1.165, 1.54) is 0 Å². The van der Waals surface area contributed by atoms with Gasteiger partial charge in [0.05, 0.1) is 0 Å². The van der Waals surface area contributed by atoms with E-state index in [2.05, 4.69) is 5.32 Å². The van der Waals surface area contributed by atoms with Crippen LogP contribution in [-0.2, 0) is 9.59 Å². The molecule has 0 saturated carbocycles. The van der Waals surface area contributed by atoms with Crippen LogP contribution in [0.3, 0.4) is 0 Å². The summed E-state index contributed by atoms with van der Waals surface area (Å²) in [5.41, 5.74) is 0. The second-order valence-corrected chi connectivity index (χ2v) is 3.47. The molecule has 0 aliphatic carbocycles. The lowest BCUT2D eigenvalue weighted by Gasteiger charge is -2.06. The standard InChI is InChI=1S/C11H11NO6/c13-10(12-4-11(14)15)5-16-7-1-2-8-9(3-7)18-6-17-8/h1-3H,4-6H2,(H,12,13)(H,14,15). The number of hydrogen-bond donors (Lipinski definition) is 2. The van der Waals surface area contributed by atoms with Crippen molar-refractivity contribution >= 4 is 11.9 Å². The normalized spacial score (nSPS) is 12.0. The number of amides is 1. The van der Waals surface area contributed by atoms with Gasteiger partial charge in [-0.3, -0.25) is 9.59 Å². The number of ether oxygens (including phenoxy) is 3. The van der Waals surface area contributed by atoms with Gasteiger partial charge in [0.25, 0.3) is 5.91 Å². The van der Waals surface area contributed by atoms with Crippen molar-refractivity contribution in [2.24, 2.45) is 0 Å². The molecule has 1 aliphatic rings. The minimum Gasteiger partial charge on any atom is -0.484 e. The molecule has 0 spiro atoms. The van der Waals surface area contributed by atoms with Crippen molar-refractivity contribution in [3.63, 3.8) is 0 Å². The molecule has 2 N–H and O–H groups in total. The molecule has 18 heavy (non-hydrogen) atoms. The number of rotatable bonds is 5. The van der Waals surface area contributed by atoms with Gasteiger partial charge in [-0.25, -0.2) is 0 Å². The third-order valence-corrected chi connectivity index (χ3v) is 2.15. The maximum atomic E-state index is 11.2. The number of carbonyl (C=O) groups excluding carboxylic acids is 1. The topological polar surface area (TPSA) is 94.1 Å². The minimum absolute atomic E-state index is 0.165. The number of benzene rings is 1. The zero-order valence-electron chi connectivity index (χ0n) is 9.34. The number of carbonyl (C=O) groups is 2. The lowest BCUT2D eigenvalue weighted by molar-refractivity contribution is -0.138. The molecule has 7 heteroatoms. The van der Waals surface area contributed by atoms with Gasteiger partial charge in [0, 0.05) is 6.07 Å². The zero-order chi connectivity index (χ0) is 13.0. The molecule has 0 fully saturated rings. The first-order valence-corrected chi connectivity index (χ1v) is 5.16. The first-order chi connectivity index (χ1) is 8.65. The molecule has 0 radical (unpaired) electrons. The molecule has 0 bridgehead atoms. The number of aliphatic carboxylic acids is 1. The van der Waals surface area contributed by atoms with Crippen LogP contribution in [0.4, 0.5) is 0 Å². The van der Waals surface area contributed by atoms with Crippen molar-refractivity contribution in [2.75, 3.05) is 19.9 Å². The number of carboxylic acids is 1. The Balaban J connectivity index is 1.83. The zero-order valence-corrected chi connectivity index (χ0v) is 9.34. The molecule has 1 aliphatic heterocycles. The van der Waals surface area contributed by atoms with E-state index < -0.39 is 18.4 Å². The Hall–Kier alpha value is -2.44. The van der Waals surface area contributed by atoms with Crippen LogP contribution >= 0.6 is 0 Å². The fourth-order valence-corrected chi connectivity index (χ4v) is 1.34. The van der Waals surface area contributed by atoms with E-state index in [9.17, 15) is 9.59 Å². The molecule has 7 nitrogen and oxygen atoms in total. The molecule has 1 amide bonds. The average molecular weight is 253 g/mol. The molecule has 0 atom stereocenters. The molecule has 1 aromatic rings. The van der Waals surface area contributed by atoms with Crippen molar-refractivity contribution in [1.29, 1.82) is 0 Å². The Morgan fingerprint density at radius 2 is 2.11 bits per heavy atom. The van der Waals surface area contributed by atoms with E-state index in [0.717, 1.165) is 0 Å². The molecule has 0 saturated heterocycles. The van der Waals surface area contributed by atoms with E-state index in [0.29, 0.717) is 17.2 Å². The van der Waals surface area contributed by atoms with Gasteiger partial charge in [0.1, 0.15) is 12.3 Å². The fourth-order valence-electron chi connectivity index (χ4n) is 1.34. The van der Waals surface area contributed by atoms with Crippen LogP contribution in [-0.4, -0.2) is 36.9 Å². The largest absolute Gasteiger partial charge is 0.484 e. The van der Waals surface area contributed by atoms with Gasteiger partial charge >= 0.3 is 5.97 Å². The Morgan fingerprint density at radius 1 is 1.33 bits per heavy atom. The van der Waals surface area contributed by atoms with Crippen molar-refractivity contribution in [3.8, 4) is 17.2 Å². The Labute approximate surface area is 102 Å². The number of hydrogen-bond acceptors (Lipinski definition) is 5. The van der Waals surface area contributed by atoms with Crippen LogP contribution in [0.2, 0.25) is 0 Å². The van der Waals surface area contributed by atoms with Crippen LogP contribution in [0.5, 0.6) is 17.2 Å².